The van der Waals surface area contributed by atoms with E-state index < -0.39 is 0 Å². The summed E-state index contributed by atoms with van der Waals surface area (Å²) in [7, 11) is 0. The second-order valence-corrected chi connectivity index (χ2v) is 7.77. The van der Waals surface area contributed by atoms with Crippen molar-refractivity contribution in [1.29, 1.82) is 0 Å². The van der Waals surface area contributed by atoms with Crippen LogP contribution in [-0.2, 0) is 0 Å². The van der Waals surface area contributed by atoms with E-state index in [4.69, 9.17) is 0 Å². The summed E-state index contributed by atoms with van der Waals surface area (Å²) in [6.45, 7) is 10.3. The van der Waals surface area contributed by atoms with Gasteiger partial charge in [-0.3, -0.25) is 0 Å². The van der Waals surface area contributed by atoms with Gasteiger partial charge in [-0.05, 0) is 74.1 Å². The molecule has 0 saturated heterocycles. The monoisotopic (exact) mass is 291 g/mol. The third-order valence-electron chi connectivity index (χ3n) is 5.13. The van der Waals surface area contributed by atoms with E-state index >= 15 is 0 Å². The van der Waals surface area contributed by atoms with Crippen molar-refractivity contribution < 1.29 is 4.39 Å². The lowest BCUT2D eigenvalue weighted by Crippen LogP contribution is -2.31. The summed E-state index contributed by atoms with van der Waals surface area (Å²) in [6, 6.07) is 7.15. The minimum absolute atomic E-state index is 0.146. The van der Waals surface area contributed by atoms with Gasteiger partial charge >= 0.3 is 0 Å². The molecule has 0 radical (unpaired) electrons. The number of hydrogen-bond donors (Lipinski definition) is 1. The molecule has 1 aliphatic rings. The first-order chi connectivity index (χ1) is 9.86. The normalized spacial score (nSPS) is 24.8. The molecule has 1 aromatic rings. The first-order valence-electron chi connectivity index (χ1n) is 8.35. The van der Waals surface area contributed by atoms with Crippen LogP contribution in [0.25, 0.3) is 0 Å². The molecular formula is C19H30FN. The van der Waals surface area contributed by atoms with Crippen molar-refractivity contribution in [3.63, 3.8) is 0 Å². The summed E-state index contributed by atoms with van der Waals surface area (Å²) in [5, 5.41) is 3.58. The summed E-state index contributed by atoms with van der Waals surface area (Å²) in [4.78, 5) is 0. The SMILES string of the molecule is C[C@H](NCC1CCC(C(C)(C)C)CC1)c1cccc(F)c1. The molecule has 21 heavy (non-hydrogen) atoms. The zero-order valence-corrected chi connectivity index (χ0v) is 14.0. The van der Waals surface area contributed by atoms with Crippen molar-refractivity contribution in [2.24, 2.45) is 17.3 Å². The Bertz CT molecular complexity index is 441. The summed E-state index contributed by atoms with van der Waals surface area (Å²) < 4.78 is 13.2. The number of nitrogens with one attached hydrogen (secondary N) is 1. The number of halogens is 1. The molecule has 1 fully saturated rings. The smallest absolute Gasteiger partial charge is 0.123 e. The van der Waals surface area contributed by atoms with Crippen LogP contribution in [0.15, 0.2) is 24.3 Å². The summed E-state index contributed by atoms with van der Waals surface area (Å²) in [5.41, 5.74) is 1.49. The molecule has 1 saturated carbocycles. The second kappa shape index (κ2) is 6.91. The Morgan fingerprint density at radius 3 is 2.43 bits per heavy atom. The van der Waals surface area contributed by atoms with Gasteiger partial charge in [0.15, 0.2) is 0 Å². The first kappa shape index (κ1) is 16.5. The Kier molecular flexibility index (Phi) is 5.43. The lowest BCUT2D eigenvalue weighted by Gasteiger charge is -2.37. The molecule has 1 nitrogen and oxygen atoms in total. The van der Waals surface area contributed by atoms with Crippen LogP contribution in [0.1, 0.15) is 65.0 Å². The van der Waals surface area contributed by atoms with E-state index in [1.165, 1.54) is 31.7 Å². The lowest BCUT2D eigenvalue weighted by molar-refractivity contribution is 0.148. The van der Waals surface area contributed by atoms with E-state index in [9.17, 15) is 4.39 Å². The number of hydrogen-bond acceptors (Lipinski definition) is 1. The van der Waals surface area contributed by atoms with Gasteiger partial charge in [0.05, 0.1) is 0 Å². The average Bonchev–Trinajstić information content (AvgIpc) is 2.44. The van der Waals surface area contributed by atoms with Crippen LogP contribution in [0.5, 0.6) is 0 Å². The van der Waals surface area contributed by atoms with E-state index in [2.05, 4.69) is 33.0 Å². The van der Waals surface area contributed by atoms with E-state index in [-0.39, 0.29) is 11.9 Å². The van der Waals surface area contributed by atoms with E-state index in [0.717, 1.165) is 23.9 Å². The van der Waals surface area contributed by atoms with E-state index in [0.29, 0.717) is 5.41 Å². The fourth-order valence-electron chi connectivity index (χ4n) is 3.47. The van der Waals surface area contributed by atoms with Gasteiger partial charge in [0.2, 0.25) is 0 Å². The Labute approximate surface area is 129 Å². The Hall–Kier alpha value is -0.890. The van der Waals surface area contributed by atoms with Gasteiger partial charge in [-0.15, -0.1) is 0 Å². The summed E-state index contributed by atoms with van der Waals surface area (Å²) >= 11 is 0. The quantitative estimate of drug-likeness (QED) is 0.790. The van der Waals surface area contributed by atoms with Gasteiger partial charge in [-0.1, -0.05) is 32.9 Å². The highest BCUT2D eigenvalue weighted by molar-refractivity contribution is 5.19. The predicted molar refractivity (Wildman–Crippen MR) is 87.7 cm³/mol. The van der Waals surface area contributed by atoms with Crippen molar-refractivity contribution in [3.8, 4) is 0 Å². The fraction of sp³-hybridized carbons (Fsp3) is 0.684. The zero-order valence-electron chi connectivity index (χ0n) is 14.0. The third-order valence-corrected chi connectivity index (χ3v) is 5.13. The topological polar surface area (TPSA) is 12.0 Å². The molecule has 118 valence electrons. The van der Waals surface area contributed by atoms with Crippen LogP contribution in [0.2, 0.25) is 0 Å². The molecule has 0 heterocycles. The van der Waals surface area contributed by atoms with Crippen LogP contribution in [0, 0.1) is 23.1 Å². The van der Waals surface area contributed by atoms with Gasteiger partial charge < -0.3 is 5.32 Å². The van der Waals surface area contributed by atoms with E-state index in [1.54, 1.807) is 12.1 Å². The predicted octanol–water partition coefficient (Wildman–Crippen LogP) is 5.33. The molecule has 1 aromatic carbocycles. The molecule has 0 aliphatic heterocycles. The van der Waals surface area contributed by atoms with Crippen molar-refractivity contribution in [1.82, 2.24) is 5.32 Å². The standard InChI is InChI=1S/C19H30FN/c1-14(16-6-5-7-18(20)12-16)21-13-15-8-10-17(11-9-15)19(2,3)4/h5-7,12,14-15,17,21H,8-11,13H2,1-4H3/t14-,15?,17?/m0/s1. The molecule has 0 aromatic heterocycles. The second-order valence-electron chi connectivity index (χ2n) is 7.77. The van der Waals surface area contributed by atoms with Crippen molar-refractivity contribution in [2.75, 3.05) is 6.54 Å². The third kappa shape index (κ3) is 4.81. The van der Waals surface area contributed by atoms with Crippen LogP contribution >= 0.6 is 0 Å². The van der Waals surface area contributed by atoms with Crippen LogP contribution in [0.3, 0.4) is 0 Å². The van der Waals surface area contributed by atoms with Crippen molar-refractivity contribution in [2.45, 2.75) is 59.4 Å². The molecule has 0 bridgehead atoms. The molecule has 1 N–H and O–H groups in total. The average molecular weight is 291 g/mol. The van der Waals surface area contributed by atoms with Crippen LogP contribution in [0.4, 0.5) is 4.39 Å². The molecule has 0 amide bonds. The maximum Gasteiger partial charge on any atom is 0.123 e. The highest BCUT2D eigenvalue weighted by Gasteiger charge is 2.29. The summed E-state index contributed by atoms with van der Waals surface area (Å²) in [5.74, 6) is 1.50. The fourth-order valence-corrected chi connectivity index (χ4v) is 3.47. The Balaban J connectivity index is 1.77. The van der Waals surface area contributed by atoms with Crippen molar-refractivity contribution in [3.05, 3.63) is 35.6 Å². The maximum atomic E-state index is 13.2. The maximum absolute atomic E-state index is 13.2. The highest BCUT2D eigenvalue weighted by Crippen LogP contribution is 2.39. The summed E-state index contributed by atoms with van der Waals surface area (Å²) in [6.07, 6.45) is 5.35. The lowest BCUT2D eigenvalue weighted by atomic mass is 9.70. The van der Waals surface area contributed by atoms with Gasteiger partial charge in [-0.2, -0.15) is 0 Å². The molecule has 0 spiro atoms. The Morgan fingerprint density at radius 1 is 1.19 bits per heavy atom. The molecule has 0 unspecified atom stereocenters. The first-order valence-corrected chi connectivity index (χ1v) is 8.35. The molecular weight excluding hydrogens is 261 g/mol. The van der Waals surface area contributed by atoms with Gasteiger partial charge in [0, 0.05) is 6.04 Å². The van der Waals surface area contributed by atoms with Gasteiger partial charge in [0.1, 0.15) is 5.82 Å². The molecule has 1 aliphatic carbocycles. The van der Waals surface area contributed by atoms with Crippen LogP contribution < -0.4 is 5.32 Å². The number of benzene rings is 1. The van der Waals surface area contributed by atoms with Crippen molar-refractivity contribution >= 4 is 0 Å². The Morgan fingerprint density at radius 2 is 1.86 bits per heavy atom. The highest BCUT2D eigenvalue weighted by atomic mass is 19.1. The largest absolute Gasteiger partial charge is 0.310 e. The molecule has 2 heteroatoms. The minimum Gasteiger partial charge on any atom is -0.310 e. The number of rotatable bonds is 4. The zero-order chi connectivity index (χ0) is 15.5. The minimum atomic E-state index is -0.146. The van der Waals surface area contributed by atoms with Gasteiger partial charge in [0.25, 0.3) is 0 Å². The van der Waals surface area contributed by atoms with Crippen LogP contribution in [-0.4, -0.2) is 6.54 Å². The molecule has 1 atom stereocenters. The molecule has 2 rings (SSSR count). The van der Waals surface area contributed by atoms with Gasteiger partial charge in [-0.25, -0.2) is 4.39 Å². The van der Waals surface area contributed by atoms with E-state index in [1.807, 2.05) is 6.07 Å².